The van der Waals surface area contributed by atoms with E-state index in [1.54, 1.807) is 0 Å². The number of nitrogens with one attached hydrogen (secondary N) is 1. The summed E-state index contributed by atoms with van der Waals surface area (Å²) in [4.78, 5) is 5.10. The number of likely N-dealkylation sites (N-methyl/N-ethyl adjacent to an activating group) is 1. The van der Waals surface area contributed by atoms with Crippen molar-refractivity contribution in [3.05, 3.63) is 0 Å². The van der Waals surface area contributed by atoms with Gasteiger partial charge in [0.2, 0.25) is 0 Å². The van der Waals surface area contributed by atoms with E-state index in [1.807, 2.05) is 0 Å². The largest absolute Gasteiger partial charge is 0.394 e. The molecule has 112 valence electrons. The third-order valence-electron chi connectivity index (χ3n) is 4.91. The first kappa shape index (κ1) is 15.2. The molecule has 2 unspecified atom stereocenters. The van der Waals surface area contributed by atoms with Crippen LogP contribution < -0.4 is 5.32 Å². The van der Waals surface area contributed by atoms with Gasteiger partial charge in [0.15, 0.2) is 0 Å². The van der Waals surface area contributed by atoms with Crippen molar-refractivity contribution in [3.63, 3.8) is 0 Å². The van der Waals surface area contributed by atoms with Crippen LogP contribution in [0.2, 0.25) is 0 Å². The quantitative estimate of drug-likeness (QED) is 0.778. The summed E-state index contributed by atoms with van der Waals surface area (Å²) in [5.41, 5.74) is -0.00111. The van der Waals surface area contributed by atoms with Gasteiger partial charge < -0.3 is 15.3 Å². The predicted octanol–water partition coefficient (Wildman–Crippen LogP) is 0.907. The van der Waals surface area contributed by atoms with Gasteiger partial charge in [0.05, 0.1) is 6.61 Å². The fraction of sp³-hybridized carbons (Fsp3) is 1.00. The van der Waals surface area contributed by atoms with E-state index in [0.29, 0.717) is 6.04 Å². The molecule has 1 aliphatic carbocycles. The van der Waals surface area contributed by atoms with Crippen molar-refractivity contribution in [1.29, 1.82) is 0 Å². The maximum absolute atomic E-state index is 9.77. The van der Waals surface area contributed by atoms with Gasteiger partial charge in [-0.1, -0.05) is 6.92 Å². The average molecular weight is 269 g/mol. The molecule has 1 saturated heterocycles. The van der Waals surface area contributed by atoms with Crippen LogP contribution in [0.5, 0.6) is 0 Å². The standard InChI is InChI=1S/C15H31N3O/c1-3-7-16-15(13-19)6-5-14(12-15)18-9-4-8-17(2)10-11-18/h14,16,19H,3-13H2,1-2H3. The first-order valence-electron chi connectivity index (χ1n) is 7.97. The monoisotopic (exact) mass is 269 g/mol. The second-order valence-corrected chi connectivity index (χ2v) is 6.45. The minimum Gasteiger partial charge on any atom is -0.394 e. The van der Waals surface area contributed by atoms with Crippen molar-refractivity contribution in [2.24, 2.45) is 0 Å². The van der Waals surface area contributed by atoms with Gasteiger partial charge in [-0.2, -0.15) is 0 Å². The fourth-order valence-corrected chi connectivity index (χ4v) is 3.59. The van der Waals surface area contributed by atoms with Crippen molar-refractivity contribution in [1.82, 2.24) is 15.1 Å². The SMILES string of the molecule is CCCNC1(CO)CCC(N2CCCN(C)CC2)C1. The Morgan fingerprint density at radius 1 is 1.26 bits per heavy atom. The van der Waals surface area contributed by atoms with Crippen LogP contribution in [0.3, 0.4) is 0 Å². The summed E-state index contributed by atoms with van der Waals surface area (Å²) in [6, 6.07) is 0.669. The van der Waals surface area contributed by atoms with Gasteiger partial charge in [-0.05, 0) is 58.8 Å². The second-order valence-electron chi connectivity index (χ2n) is 6.45. The van der Waals surface area contributed by atoms with Crippen molar-refractivity contribution < 1.29 is 5.11 Å². The highest BCUT2D eigenvalue weighted by Crippen LogP contribution is 2.33. The number of nitrogens with zero attached hydrogens (tertiary/aromatic N) is 2. The Kier molecular flexibility index (Phi) is 5.63. The zero-order valence-electron chi connectivity index (χ0n) is 12.7. The Labute approximate surface area is 118 Å². The Hall–Kier alpha value is -0.160. The molecular weight excluding hydrogens is 238 g/mol. The number of hydrogen-bond acceptors (Lipinski definition) is 4. The van der Waals surface area contributed by atoms with E-state index in [1.165, 1.54) is 39.0 Å². The zero-order valence-corrected chi connectivity index (χ0v) is 12.7. The Bertz CT molecular complexity index is 274. The Balaban J connectivity index is 1.89. The summed E-state index contributed by atoms with van der Waals surface area (Å²) in [7, 11) is 2.22. The molecule has 1 heterocycles. The van der Waals surface area contributed by atoms with E-state index < -0.39 is 0 Å². The van der Waals surface area contributed by atoms with Crippen LogP contribution in [0.4, 0.5) is 0 Å². The lowest BCUT2D eigenvalue weighted by atomic mass is 9.98. The highest BCUT2D eigenvalue weighted by molar-refractivity contribution is 4.99. The molecule has 2 aliphatic rings. The lowest BCUT2D eigenvalue weighted by Crippen LogP contribution is -2.48. The zero-order chi connectivity index (χ0) is 13.7. The summed E-state index contributed by atoms with van der Waals surface area (Å²) in [6.45, 7) is 8.33. The van der Waals surface area contributed by atoms with Crippen molar-refractivity contribution in [3.8, 4) is 0 Å². The van der Waals surface area contributed by atoms with Crippen molar-refractivity contribution in [2.75, 3.05) is 46.4 Å². The summed E-state index contributed by atoms with van der Waals surface area (Å²) >= 11 is 0. The summed E-state index contributed by atoms with van der Waals surface area (Å²) in [5, 5.41) is 13.4. The molecule has 0 spiro atoms. The van der Waals surface area contributed by atoms with Crippen LogP contribution in [-0.2, 0) is 0 Å². The number of rotatable bonds is 5. The molecule has 0 aromatic carbocycles. The average Bonchev–Trinajstić information content (AvgIpc) is 2.73. The first-order valence-corrected chi connectivity index (χ1v) is 7.97. The van der Waals surface area contributed by atoms with E-state index in [-0.39, 0.29) is 12.1 Å². The molecule has 0 radical (unpaired) electrons. The van der Waals surface area contributed by atoms with Gasteiger partial charge in [-0.15, -0.1) is 0 Å². The molecule has 4 nitrogen and oxygen atoms in total. The van der Waals surface area contributed by atoms with Gasteiger partial charge >= 0.3 is 0 Å². The van der Waals surface area contributed by atoms with Crippen LogP contribution in [0.25, 0.3) is 0 Å². The molecule has 0 aromatic heterocycles. The molecule has 0 aromatic rings. The van der Waals surface area contributed by atoms with Gasteiger partial charge in [-0.25, -0.2) is 0 Å². The minimum atomic E-state index is -0.00111. The van der Waals surface area contributed by atoms with Gasteiger partial charge in [-0.3, -0.25) is 4.90 Å². The molecule has 2 fully saturated rings. The van der Waals surface area contributed by atoms with Gasteiger partial charge in [0.1, 0.15) is 0 Å². The number of aliphatic hydroxyl groups excluding tert-OH is 1. The van der Waals surface area contributed by atoms with E-state index in [4.69, 9.17) is 0 Å². The molecule has 0 amide bonds. The van der Waals surface area contributed by atoms with Gasteiger partial charge in [0.25, 0.3) is 0 Å². The van der Waals surface area contributed by atoms with E-state index in [2.05, 4.69) is 29.1 Å². The van der Waals surface area contributed by atoms with Crippen LogP contribution in [0, 0.1) is 0 Å². The topological polar surface area (TPSA) is 38.7 Å². The molecule has 2 N–H and O–H groups in total. The lowest BCUT2D eigenvalue weighted by Gasteiger charge is -2.32. The smallest absolute Gasteiger partial charge is 0.0613 e. The van der Waals surface area contributed by atoms with Crippen molar-refractivity contribution in [2.45, 2.75) is 50.6 Å². The molecule has 4 heteroatoms. The number of hydrogen-bond donors (Lipinski definition) is 2. The van der Waals surface area contributed by atoms with Gasteiger partial charge in [0, 0.05) is 24.7 Å². The second kappa shape index (κ2) is 7.02. The van der Waals surface area contributed by atoms with Crippen LogP contribution in [0.1, 0.15) is 39.0 Å². The maximum Gasteiger partial charge on any atom is 0.0613 e. The summed E-state index contributed by atoms with van der Waals surface area (Å²) in [5.74, 6) is 0. The first-order chi connectivity index (χ1) is 9.19. The summed E-state index contributed by atoms with van der Waals surface area (Å²) in [6.07, 6.45) is 5.90. The minimum absolute atomic E-state index is 0.00111. The normalized spacial score (nSPS) is 34.6. The Morgan fingerprint density at radius 2 is 2.11 bits per heavy atom. The third-order valence-corrected chi connectivity index (χ3v) is 4.91. The molecule has 1 saturated carbocycles. The fourth-order valence-electron chi connectivity index (χ4n) is 3.59. The molecule has 2 atom stereocenters. The van der Waals surface area contributed by atoms with E-state index in [9.17, 15) is 5.11 Å². The lowest BCUT2D eigenvalue weighted by molar-refractivity contribution is 0.144. The number of aliphatic hydroxyl groups is 1. The molecule has 1 aliphatic heterocycles. The van der Waals surface area contributed by atoms with E-state index >= 15 is 0 Å². The Morgan fingerprint density at radius 3 is 2.84 bits per heavy atom. The van der Waals surface area contributed by atoms with Crippen molar-refractivity contribution >= 4 is 0 Å². The predicted molar refractivity (Wildman–Crippen MR) is 79.4 cm³/mol. The van der Waals surface area contributed by atoms with E-state index in [0.717, 1.165) is 25.8 Å². The third kappa shape index (κ3) is 3.91. The highest BCUT2D eigenvalue weighted by Gasteiger charge is 2.40. The maximum atomic E-state index is 9.77. The molecule has 19 heavy (non-hydrogen) atoms. The van der Waals surface area contributed by atoms with Crippen LogP contribution >= 0.6 is 0 Å². The molecule has 2 rings (SSSR count). The van der Waals surface area contributed by atoms with Crippen LogP contribution in [-0.4, -0.2) is 72.9 Å². The molecular formula is C15H31N3O. The highest BCUT2D eigenvalue weighted by atomic mass is 16.3. The molecule has 0 bridgehead atoms. The summed E-state index contributed by atoms with van der Waals surface area (Å²) < 4.78 is 0. The van der Waals surface area contributed by atoms with Crippen LogP contribution in [0.15, 0.2) is 0 Å².